The maximum atomic E-state index is 6.19. The zero-order chi connectivity index (χ0) is 14.0. The summed E-state index contributed by atoms with van der Waals surface area (Å²) in [6.07, 6.45) is 6.76. The predicted molar refractivity (Wildman–Crippen MR) is 83.5 cm³/mol. The summed E-state index contributed by atoms with van der Waals surface area (Å²) in [6.45, 7) is 4.09. The molecule has 3 rings (SSSR count). The van der Waals surface area contributed by atoms with Crippen molar-refractivity contribution in [2.24, 2.45) is 16.6 Å². The highest BCUT2D eigenvalue weighted by molar-refractivity contribution is 5.81. The highest BCUT2D eigenvalue weighted by Gasteiger charge is 2.44. The quantitative estimate of drug-likeness (QED) is 0.917. The van der Waals surface area contributed by atoms with E-state index in [0.717, 1.165) is 25.0 Å². The summed E-state index contributed by atoms with van der Waals surface area (Å²) in [5.74, 6) is 1.45. The summed E-state index contributed by atoms with van der Waals surface area (Å²) in [5, 5.41) is 0. The Bertz CT molecular complexity index is 476. The lowest BCUT2D eigenvalue weighted by Crippen LogP contribution is -2.54. The molecule has 1 atom stereocenters. The van der Waals surface area contributed by atoms with Crippen LogP contribution in [0.4, 0.5) is 0 Å². The van der Waals surface area contributed by atoms with Crippen molar-refractivity contribution in [3.8, 4) is 0 Å². The normalized spacial score (nSPS) is 27.6. The predicted octanol–water partition coefficient (Wildman–Crippen LogP) is 3.16. The van der Waals surface area contributed by atoms with E-state index in [1.165, 1.54) is 37.7 Å². The molecule has 1 aliphatic carbocycles. The zero-order valence-electron chi connectivity index (χ0n) is 12.4. The van der Waals surface area contributed by atoms with E-state index in [1.54, 1.807) is 0 Å². The molecular formula is C17H25N3. The topological polar surface area (TPSA) is 41.6 Å². The molecule has 1 unspecified atom stereocenters. The van der Waals surface area contributed by atoms with E-state index in [1.807, 2.05) is 0 Å². The Morgan fingerprint density at radius 1 is 1.20 bits per heavy atom. The lowest BCUT2D eigenvalue weighted by Gasteiger charge is -2.44. The second kappa shape index (κ2) is 5.47. The third kappa shape index (κ3) is 2.41. The molecule has 1 aliphatic heterocycles. The van der Waals surface area contributed by atoms with Crippen LogP contribution in [0, 0.1) is 5.92 Å². The zero-order valence-corrected chi connectivity index (χ0v) is 12.4. The molecule has 3 heteroatoms. The van der Waals surface area contributed by atoms with Crippen LogP contribution in [0.1, 0.15) is 44.6 Å². The standard InChI is InChI=1S/C17H25N3/c1-17(15-10-6-3-7-11-15)13-19-16(18)20(17)12-14-8-4-2-5-9-14/h2,4-5,8-9,15H,3,6-7,10-13H2,1H3,(H2,18,19). The minimum atomic E-state index is 0.111. The molecule has 2 N–H and O–H groups in total. The smallest absolute Gasteiger partial charge is 0.192 e. The van der Waals surface area contributed by atoms with Gasteiger partial charge in [-0.2, -0.15) is 0 Å². The summed E-state index contributed by atoms with van der Waals surface area (Å²) >= 11 is 0. The molecule has 1 heterocycles. The van der Waals surface area contributed by atoms with E-state index >= 15 is 0 Å². The number of nitrogens with zero attached hydrogens (tertiary/aromatic N) is 2. The monoisotopic (exact) mass is 271 g/mol. The Balaban J connectivity index is 1.80. The van der Waals surface area contributed by atoms with Gasteiger partial charge in [0, 0.05) is 6.54 Å². The summed E-state index contributed by atoms with van der Waals surface area (Å²) in [4.78, 5) is 6.91. The Labute approximate surface area is 121 Å². The summed E-state index contributed by atoms with van der Waals surface area (Å²) in [7, 11) is 0. The summed E-state index contributed by atoms with van der Waals surface area (Å²) < 4.78 is 0. The fourth-order valence-electron chi connectivity index (χ4n) is 3.78. The van der Waals surface area contributed by atoms with Gasteiger partial charge in [0.2, 0.25) is 0 Å². The molecule has 0 amide bonds. The van der Waals surface area contributed by atoms with Crippen LogP contribution in [0.15, 0.2) is 35.3 Å². The third-order valence-corrected chi connectivity index (χ3v) is 5.12. The third-order valence-electron chi connectivity index (χ3n) is 5.12. The largest absolute Gasteiger partial charge is 0.370 e. The molecule has 1 fully saturated rings. The maximum absolute atomic E-state index is 6.19. The van der Waals surface area contributed by atoms with E-state index in [4.69, 9.17) is 5.73 Å². The van der Waals surface area contributed by atoms with E-state index in [9.17, 15) is 0 Å². The molecule has 0 saturated heterocycles. The van der Waals surface area contributed by atoms with Gasteiger partial charge in [-0.15, -0.1) is 0 Å². The van der Waals surface area contributed by atoms with Gasteiger partial charge in [0.05, 0.1) is 12.1 Å². The van der Waals surface area contributed by atoms with E-state index < -0.39 is 0 Å². The number of guanidine groups is 1. The fraction of sp³-hybridized carbons (Fsp3) is 0.588. The Morgan fingerprint density at radius 2 is 1.90 bits per heavy atom. The number of hydrogen-bond donors (Lipinski definition) is 1. The van der Waals surface area contributed by atoms with Crippen LogP contribution in [0.5, 0.6) is 0 Å². The Hall–Kier alpha value is -1.51. The van der Waals surface area contributed by atoms with Gasteiger partial charge < -0.3 is 10.6 Å². The highest BCUT2D eigenvalue weighted by Crippen LogP contribution is 2.39. The number of aliphatic imine (C=N–C) groups is 1. The van der Waals surface area contributed by atoms with Crippen molar-refractivity contribution in [2.75, 3.05) is 6.54 Å². The first-order valence-corrected chi connectivity index (χ1v) is 7.81. The van der Waals surface area contributed by atoms with Gasteiger partial charge in [0.15, 0.2) is 5.96 Å². The SMILES string of the molecule is CC1(C2CCCCC2)CN=C(N)N1Cc1ccccc1. The van der Waals surface area contributed by atoms with Crippen LogP contribution >= 0.6 is 0 Å². The second-order valence-corrected chi connectivity index (χ2v) is 6.44. The lowest BCUT2D eigenvalue weighted by molar-refractivity contribution is 0.102. The molecule has 108 valence electrons. The molecule has 20 heavy (non-hydrogen) atoms. The average molecular weight is 271 g/mol. The average Bonchev–Trinajstić information content (AvgIpc) is 2.79. The molecule has 1 aromatic carbocycles. The molecule has 0 spiro atoms. The number of nitrogens with two attached hydrogens (primary N) is 1. The Morgan fingerprint density at radius 3 is 2.60 bits per heavy atom. The molecule has 0 bridgehead atoms. The van der Waals surface area contributed by atoms with Crippen LogP contribution in [0.25, 0.3) is 0 Å². The molecule has 1 saturated carbocycles. The van der Waals surface area contributed by atoms with Gasteiger partial charge in [0.1, 0.15) is 0 Å². The van der Waals surface area contributed by atoms with Gasteiger partial charge in [-0.3, -0.25) is 4.99 Å². The van der Waals surface area contributed by atoms with Crippen LogP contribution in [0.2, 0.25) is 0 Å². The van der Waals surface area contributed by atoms with Crippen LogP contribution in [0.3, 0.4) is 0 Å². The van der Waals surface area contributed by atoms with E-state index in [2.05, 4.69) is 47.1 Å². The van der Waals surface area contributed by atoms with Crippen molar-refractivity contribution in [1.82, 2.24) is 4.90 Å². The van der Waals surface area contributed by atoms with Crippen molar-refractivity contribution in [2.45, 2.75) is 51.1 Å². The van der Waals surface area contributed by atoms with Crippen molar-refractivity contribution in [3.05, 3.63) is 35.9 Å². The first kappa shape index (κ1) is 13.5. The van der Waals surface area contributed by atoms with Crippen LogP contribution < -0.4 is 5.73 Å². The van der Waals surface area contributed by atoms with Gasteiger partial charge in [-0.25, -0.2) is 0 Å². The first-order chi connectivity index (χ1) is 9.70. The summed E-state index contributed by atoms with van der Waals surface area (Å²) in [5.41, 5.74) is 7.61. The highest BCUT2D eigenvalue weighted by atomic mass is 15.4. The Kier molecular flexibility index (Phi) is 3.68. The van der Waals surface area contributed by atoms with Crippen molar-refractivity contribution in [3.63, 3.8) is 0 Å². The van der Waals surface area contributed by atoms with Crippen LogP contribution in [-0.2, 0) is 6.54 Å². The van der Waals surface area contributed by atoms with Gasteiger partial charge in [-0.05, 0) is 31.2 Å². The van der Waals surface area contributed by atoms with E-state index in [-0.39, 0.29) is 5.54 Å². The maximum Gasteiger partial charge on any atom is 0.192 e. The molecule has 2 aliphatic rings. The number of hydrogen-bond acceptors (Lipinski definition) is 3. The molecule has 3 nitrogen and oxygen atoms in total. The molecular weight excluding hydrogens is 246 g/mol. The molecule has 1 aromatic rings. The number of benzene rings is 1. The van der Waals surface area contributed by atoms with Gasteiger partial charge in [-0.1, -0.05) is 49.6 Å². The van der Waals surface area contributed by atoms with Crippen LogP contribution in [-0.4, -0.2) is 22.9 Å². The van der Waals surface area contributed by atoms with Crippen molar-refractivity contribution < 1.29 is 0 Å². The minimum Gasteiger partial charge on any atom is -0.370 e. The number of rotatable bonds is 3. The van der Waals surface area contributed by atoms with Gasteiger partial charge in [0.25, 0.3) is 0 Å². The molecule has 0 radical (unpaired) electrons. The van der Waals surface area contributed by atoms with E-state index in [0.29, 0.717) is 0 Å². The fourth-order valence-corrected chi connectivity index (χ4v) is 3.78. The van der Waals surface area contributed by atoms with Crippen molar-refractivity contribution >= 4 is 5.96 Å². The summed E-state index contributed by atoms with van der Waals surface area (Å²) in [6, 6.07) is 10.6. The second-order valence-electron chi connectivity index (χ2n) is 6.44. The first-order valence-electron chi connectivity index (χ1n) is 7.81. The molecule has 0 aromatic heterocycles. The van der Waals surface area contributed by atoms with Crippen molar-refractivity contribution in [1.29, 1.82) is 0 Å². The van der Waals surface area contributed by atoms with Gasteiger partial charge >= 0.3 is 0 Å². The lowest BCUT2D eigenvalue weighted by atomic mass is 9.75. The minimum absolute atomic E-state index is 0.111.